The van der Waals surface area contributed by atoms with Gasteiger partial charge in [-0.25, -0.2) is 4.79 Å². The molecule has 1 amide bonds. The lowest BCUT2D eigenvalue weighted by Gasteiger charge is -2.32. The summed E-state index contributed by atoms with van der Waals surface area (Å²) in [5.74, 6) is -1.09. The molecular formula is C25H32N2O4. The molecule has 1 aliphatic heterocycles. The van der Waals surface area contributed by atoms with Crippen molar-refractivity contribution in [2.24, 2.45) is 0 Å². The average molecular weight is 425 g/mol. The van der Waals surface area contributed by atoms with Crippen LogP contribution in [-0.4, -0.2) is 36.7 Å². The number of aromatic carboxylic acids is 1. The average Bonchev–Trinajstić information content (AvgIpc) is 2.79. The number of nitrogens with one attached hydrogen (secondary N) is 1. The van der Waals surface area contributed by atoms with Gasteiger partial charge in [0.1, 0.15) is 11.3 Å². The van der Waals surface area contributed by atoms with Crippen LogP contribution >= 0.6 is 0 Å². The Morgan fingerprint density at radius 3 is 2.52 bits per heavy atom. The summed E-state index contributed by atoms with van der Waals surface area (Å²) >= 11 is 0. The Morgan fingerprint density at radius 1 is 1.10 bits per heavy atom. The Hall–Kier alpha value is -3.02. The van der Waals surface area contributed by atoms with Crippen molar-refractivity contribution in [2.75, 3.05) is 24.6 Å². The molecule has 1 aliphatic rings. The number of carbonyl (C=O) groups excluding carboxylic acids is 1. The number of amides is 1. The minimum absolute atomic E-state index is 0.0546. The van der Waals surface area contributed by atoms with Crippen molar-refractivity contribution in [3.63, 3.8) is 0 Å². The van der Waals surface area contributed by atoms with Crippen LogP contribution in [0.5, 0.6) is 5.75 Å². The van der Waals surface area contributed by atoms with E-state index >= 15 is 0 Å². The summed E-state index contributed by atoms with van der Waals surface area (Å²) in [5.41, 5.74) is 2.77. The predicted octanol–water partition coefficient (Wildman–Crippen LogP) is 5.05. The number of hydrogen-bond donors (Lipinski definition) is 2. The zero-order valence-electron chi connectivity index (χ0n) is 18.4. The molecule has 1 heterocycles. The monoisotopic (exact) mass is 424 g/mol. The highest BCUT2D eigenvalue weighted by Crippen LogP contribution is 2.31. The molecule has 6 heteroatoms. The number of carboxylic acid groups (broad SMARTS) is 1. The number of para-hydroxylation sites is 1. The summed E-state index contributed by atoms with van der Waals surface area (Å²) in [6.07, 6.45) is 5.40. The van der Waals surface area contributed by atoms with Gasteiger partial charge < -0.3 is 20.1 Å². The van der Waals surface area contributed by atoms with Crippen molar-refractivity contribution < 1.29 is 19.4 Å². The second-order valence-corrected chi connectivity index (χ2v) is 7.87. The van der Waals surface area contributed by atoms with Gasteiger partial charge in [0.15, 0.2) is 0 Å². The van der Waals surface area contributed by atoms with Gasteiger partial charge in [-0.05, 0) is 62.4 Å². The zero-order valence-corrected chi connectivity index (χ0v) is 18.4. The molecule has 0 bridgehead atoms. The van der Waals surface area contributed by atoms with Gasteiger partial charge in [-0.3, -0.25) is 4.79 Å². The van der Waals surface area contributed by atoms with Crippen LogP contribution in [0.15, 0.2) is 42.5 Å². The van der Waals surface area contributed by atoms with Crippen LogP contribution in [0, 0.1) is 0 Å². The fourth-order valence-electron chi connectivity index (χ4n) is 4.16. The van der Waals surface area contributed by atoms with Gasteiger partial charge in [0.05, 0.1) is 12.6 Å². The Morgan fingerprint density at radius 2 is 1.84 bits per heavy atom. The minimum Gasteiger partial charge on any atom is -0.493 e. The summed E-state index contributed by atoms with van der Waals surface area (Å²) in [4.78, 5) is 26.9. The molecule has 0 aromatic heterocycles. The molecule has 3 rings (SSSR count). The quantitative estimate of drug-likeness (QED) is 0.589. The molecular weight excluding hydrogens is 392 g/mol. The standard InChI is InChI=1S/C25H32N2O4/c1-3-10-21(19-11-6-7-12-22(19)27-15-8-5-9-16-27)26-24(28)18-13-14-20(25(29)30)23(17-18)31-4-2/h6-7,11-14,17,21H,3-5,8-10,15-16H2,1-2H3,(H,26,28)(H,29,30). The predicted molar refractivity (Wildman–Crippen MR) is 122 cm³/mol. The maximum Gasteiger partial charge on any atom is 0.339 e. The van der Waals surface area contributed by atoms with Crippen LogP contribution in [0.1, 0.15) is 78.3 Å². The minimum atomic E-state index is -1.07. The van der Waals surface area contributed by atoms with E-state index < -0.39 is 5.97 Å². The van der Waals surface area contributed by atoms with Crippen LogP contribution in [0.4, 0.5) is 5.69 Å². The van der Waals surface area contributed by atoms with Crippen molar-refractivity contribution >= 4 is 17.6 Å². The number of benzene rings is 2. The molecule has 2 aromatic rings. The van der Waals surface area contributed by atoms with E-state index in [0.29, 0.717) is 12.2 Å². The number of rotatable bonds is 9. The first-order valence-corrected chi connectivity index (χ1v) is 11.2. The first-order valence-electron chi connectivity index (χ1n) is 11.2. The first-order chi connectivity index (χ1) is 15.0. The summed E-state index contributed by atoms with van der Waals surface area (Å²) in [5, 5.41) is 12.5. The van der Waals surface area contributed by atoms with Crippen LogP contribution in [-0.2, 0) is 0 Å². The van der Waals surface area contributed by atoms with Crippen LogP contribution in [0.2, 0.25) is 0 Å². The molecule has 1 atom stereocenters. The SMILES string of the molecule is CCCC(NC(=O)c1ccc(C(=O)O)c(OCC)c1)c1ccccc1N1CCCCC1. The van der Waals surface area contributed by atoms with Crippen LogP contribution in [0.3, 0.4) is 0 Å². The highest BCUT2D eigenvalue weighted by Gasteiger charge is 2.22. The third-order valence-corrected chi connectivity index (χ3v) is 5.67. The van der Waals surface area contributed by atoms with E-state index in [1.807, 2.05) is 6.07 Å². The Bertz CT molecular complexity index is 906. The van der Waals surface area contributed by atoms with Gasteiger partial charge in [0, 0.05) is 24.3 Å². The van der Waals surface area contributed by atoms with Crippen molar-refractivity contribution in [3.05, 3.63) is 59.2 Å². The van der Waals surface area contributed by atoms with E-state index in [0.717, 1.165) is 31.5 Å². The van der Waals surface area contributed by atoms with Gasteiger partial charge in [-0.1, -0.05) is 31.5 Å². The normalized spacial score (nSPS) is 14.7. The van der Waals surface area contributed by atoms with Crippen LogP contribution < -0.4 is 15.0 Å². The number of ether oxygens (including phenoxy) is 1. The van der Waals surface area contributed by atoms with E-state index in [2.05, 4.69) is 35.3 Å². The smallest absolute Gasteiger partial charge is 0.339 e. The van der Waals surface area contributed by atoms with E-state index in [1.165, 1.54) is 37.1 Å². The van der Waals surface area contributed by atoms with E-state index in [1.54, 1.807) is 13.0 Å². The maximum absolute atomic E-state index is 13.1. The maximum atomic E-state index is 13.1. The second kappa shape index (κ2) is 10.8. The largest absolute Gasteiger partial charge is 0.493 e. The number of carbonyl (C=O) groups is 2. The lowest BCUT2D eigenvalue weighted by molar-refractivity contribution is 0.0691. The summed E-state index contributed by atoms with van der Waals surface area (Å²) < 4.78 is 5.46. The molecule has 2 N–H and O–H groups in total. The number of piperidine rings is 1. The highest BCUT2D eigenvalue weighted by atomic mass is 16.5. The molecule has 1 unspecified atom stereocenters. The molecule has 0 spiro atoms. The summed E-state index contributed by atoms with van der Waals surface area (Å²) in [7, 11) is 0. The number of nitrogens with zero attached hydrogens (tertiary/aromatic N) is 1. The first kappa shape index (κ1) is 22.7. The van der Waals surface area contributed by atoms with E-state index in [4.69, 9.17) is 4.74 Å². The fraction of sp³-hybridized carbons (Fsp3) is 0.440. The van der Waals surface area contributed by atoms with Crippen molar-refractivity contribution in [1.29, 1.82) is 0 Å². The third kappa shape index (κ3) is 5.57. The van der Waals surface area contributed by atoms with E-state index in [-0.39, 0.29) is 23.3 Å². The molecule has 1 fully saturated rings. The Balaban J connectivity index is 1.86. The third-order valence-electron chi connectivity index (χ3n) is 5.67. The van der Waals surface area contributed by atoms with Crippen LogP contribution in [0.25, 0.3) is 0 Å². The number of carboxylic acids is 1. The summed E-state index contributed by atoms with van der Waals surface area (Å²) in [6, 6.07) is 12.7. The molecule has 31 heavy (non-hydrogen) atoms. The van der Waals surface area contributed by atoms with Gasteiger partial charge in [0.25, 0.3) is 5.91 Å². The molecule has 0 aliphatic carbocycles. The lowest BCUT2D eigenvalue weighted by Crippen LogP contribution is -2.33. The molecule has 6 nitrogen and oxygen atoms in total. The molecule has 2 aromatic carbocycles. The number of anilines is 1. The molecule has 166 valence electrons. The van der Waals surface area contributed by atoms with Crippen molar-refractivity contribution in [1.82, 2.24) is 5.32 Å². The second-order valence-electron chi connectivity index (χ2n) is 7.87. The van der Waals surface area contributed by atoms with Gasteiger partial charge in [-0.15, -0.1) is 0 Å². The topological polar surface area (TPSA) is 78.9 Å². The van der Waals surface area contributed by atoms with Gasteiger partial charge >= 0.3 is 5.97 Å². The fourth-order valence-corrected chi connectivity index (χ4v) is 4.16. The lowest BCUT2D eigenvalue weighted by atomic mass is 9.97. The van der Waals surface area contributed by atoms with Gasteiger partial charge in [-0.2, -0.15) is 0 Å². The highest BCUT2D eigenvalue weighted by molar-refractivity contribution is 5.98. The van der Waals surface area contributed by atoms with Crippen molar-refractivity contribution in [3.8, 4) is 5.75 Å². The molecule has 0 radical (unpaired) electrons. The summed E-state index contributed by atoms with van der Waals surface area (Å²) in [6.45, 7) is 6.30. The van der Waals surface area contributed by atoms with E-state index in [9.17, 15) is 14.7 Å². The Labute approximate surface area is 184 Å². The Kier molecular flexibility index (Phi) is 7.93. The van der Waals surface area contributed by atoms with Gasteiger partial charge in [0.2, 0.25) is 0 Å². The van der Waals surface area contributed by atoms with Crippen molar-refractivity contribution in [2.45, 2.75) is 52.0 Å². The number of hydrogen-bond acceptors (Lipinski definition) is 4. The zero-order chi connectivity index (χ0) is 22.2. The molecule has 1 saturated heterocycles. The molecule has 0 saturated carbocycles.